The van der Waals surface area contributed by atoms with Gasteiger partial charge in [0.25, 0.3) is 5.91 Å². The van der Waals surface area contributed by atoms with Crippen LogP contribution in [0, 0.1) is 11.7 Å². The number of halogens is 4. The quantitative estimate of drug-likeness (QED) is 0.360. The molecule has 3 rings (SSSR count). The monoisotopic (exact) mass is 465 g/mol. The van der Waals surface area contributed by atoms with Gasteiger partial charge < -0.3 is 14.8 Å². The van der Waals surface area contributed by atoms with Gasteiger partial charge in [-0.2, -0.15) is 13.2 Å². The lowest BCUT2D eigenvalue weighted by Gasteiger charge is -2.23. The summed E-state index contributed by atoms with van der Waals surface area (Å²) in [5.41, 5.74) is -1.15. The van der Waals surface area contributed by atoms with Crippen molar-refractivity contribution in [3.63, 3.8) is 0 Å². The van der Waals surface area contributed by atoms with Crippen molar-refractivity contribution in [2.75, 3.05) is 13.7 Å². The third-order valence-electron chi connectivity index (χ3n) is 5.39. The molecular weight excluding hydrogens is 442 g/mol. The van der Waals surface area contributed by atoms with Crippen LogP contribution in [-0.4, -0.2) is 31.6 Å². The van der Waals surface area contributed by atoms with E-state index in [1.807, 2.05) is 0 Å². The number of methoxy groups -OCH3 is 1. The summed E-state index contributed by atoms with van der Waals surface area (Å²) in [6.45, 7) is 1.88. The van der Waals surface area contributed by atoms with Gasteiger partial charge in [-0.1, -0.05) is 24.3 Å². The number of esters is 1. The highest BCUT2D eigenvalue weighted by molar-refractivity contribution is 5.95. The topological polar surface area (TPSA) is 64.6 Å². The number of rotatable bonds is 7. The van der Waals surface area contributed by atoms with E-state index in [1.165, 1.54) is 7.11 Å². The maximum absolute atomic E-state index is 14.1. The second-order valence-electron chi connectivity index (χ2n) is 7.56. The molecule has 9 heteroatoms. The Labute approximate surface area is 188 Å². The molecule has 0 aromatic heterocycles. The second kappa shape index (κ2) is 10.1. The number of carbonyl (C=O) groups excluding carboxylic acids is 2. The van der Waals surface area contributed by atoms with Crippen LogP contribution in [0.3, 0.4) is 0 Å². The fourth-order valence-electron chi connectivity index (χ4n) is 3.83. The van der Waals surface area contributed by atoms with E-state index in [9.17, 15) is 27.2 Å². The Morgan fingerprint density at radius 2 is 1.91 bits per heavy atom. The maximum Gasteiger partial charge on any atom is 0.416 e. The summed E-state index contributed by atoms with van der Waals surface area (Å²) in [5, 5.41) is 2.53. The molecule has 2 aromatic rings. The number of allylic oxidation sites excluding steroid dienone is 1. The molecule has 1 N–H and O–H groups in total. The first kappa shape index (κ1) is 24.3. The summed E-state index contributed by atoms with van der Waals surface area (Å²) in [4.78, 5) is 25.2. The molecule has 33 heavy (non-hydrogen) atoms. The van der Waals surface area contributed by atoms with Gasteiger partial charge in [0.05, 0.1) is 30.8 Å². The molecule has 3 atom stereocenters. The van der Waals surface area contributed by atoms with Gasteiger partial charge in [-0.15, -0.1) is 0 Å². The molecule has 0 spiro atoms. The van der Waals surface area contributed by atoms with Crippen molar-refractivity contribution in [3.05, 3.63) is 77.1 Å². The summed E-state index contributed by atoms with van der Waals surface area (Å²) in [6.07, 6.45) is -1.04. The van der Waals surface area contributed by atoms with Crippen LogP contribution in [0.5, 0.6) is 5.75 Å². The Kier molecular flexibility index (Phi) is 7.40. The molecule has 0 aliphatic heterocycles. The van der Waals surface area contributed by atoms with Crippen LogP contribution in [-0.2, 0) is 15.7 Å². The van der Waals surface area contributed by atoms with Crippen molar-refractivity contribution >= 4 is 11.9 Å². The molecule has 0 radical (unpaired) electrons. The Morgan fingerprint density at radius 3 is 2.58 bits per heavy atom. The average Bonchev–Trinajstić information content (AvgIpc) is 3.21. The normalized spacial score (nSPS) is 18.6. The minimum absolute atomic E-state index is 0.185. The zero-order valence-corrected chi connectivity index (χ0v) is 18.0. The number of amides is 1. The summed E-state index contributed by atoms with van der Waals surface area (Å²) in [5.74, 6) is -2.94. The van der Waals surface area contributed by atoms with Gasteiger partial charge >= 0.3 is 12.1 Å². The van der Waals surface area contributed by atoms with Crippen LogP contribution < -0.4 is 10.1 Å². The number of hydrogen-bond acceptors (Lipinski definition) is 4. The molecule has 0 fully saturated rings. The van der Waals surface area contributed by atoms with Crippen LogP contribution in [0.25, 0.3) is 0 Å². The molecule has 176 valence electrons. The summed E-state index contributed by atoms with van der Waals surface area (Å²) < 4.78 is 63.3. The number of nitrogens with one attached hydrogen (secondary N) is 1. The van der Waals surface area contributed by atoms with Crippen molar-refractivity contribution in [2.45, 2.75) is 31.5 Å². The molecule has 1 aliphatic carbocycles. The van der Waals surface area contributed by atoms with Crippen LogP contribution in [0.2, 0.25) is 0 Å². The highest BCUT2D eigenvalue weighted by atomic mass is 19.4. The van der Waals surface area contributed by atoms with Crippen molar-refractivity contribution in [3.8, 4) is 5.75 Å². The third-order valence-corrected chi connectivity index (χ3v) is 5.39. The number of carbonyl (C=O) groups is 2. The van der Waals surface area contributed by atoms with E-state index >= 15 is 0 Å². The Hall–Kier alpha value is -3.36. The van der Waals surface area contributed by atoms with Crippen molar-refractivity contribution in [1.29, 1.82) is 0 Å². The average molecular weight is 465 g/mol. The number of ether oxygens (including phenoxy) is 2. The lowest BCUT2D eigenvalue weighted by Crippen LogP contribution is -2.34. The first-order chi connectivity index (χ1) is 15.6. The molecular formula is C24H23F4NO4. The van der Waals surface area contributed by atoms with Crippen LogP contribution >= 0.6 is 0 Å². The highest BCUT2D eigenvalue weighted by Gasteiger charge is 2.35. The predicted octanol–water partition coefficient (Wildman–Crippen LogP) is 4.87. The zero-order valence-electron chi connectivity index (χ0n) is 18.0. The first-order valence-electron chi connectivity index (χ1n) is 10.3. The summed E-state index contributed by atoms with van der Waals surface area (Å²) in [6, 6.07) is 8.05. The van der Waals surface area contributed by atoms with Gasteiger partial charge in [0.1, 0.15) is 11.6 Å². The molecule has 2 aromatic carbocycles. The molecule has 0 saturated carbocycles. The van der Waals surface area contributed by atoms with Crippen molar-refractivity contribution in [2.24, 2.45) is 5.92 Å². The van der Waals surface area contributed by atoms with Gasteiger partial charge in [-0.05, 0) is 55.2 Å². The standard InChI is InChI=1S/C24H23F4NO4/c1-3-33-23(31)21(14-5-4-6-18(12-14)32-2)15-7-9-17(11-15)29-22(30)19-13-16(24(26,27)28)8-10-20(19)25/h4-10,12-13,15,17,21H,3,11H2,1-2H3,(H,29,30)/t15-,17-,21-/m1/s1. The van der Waals surface area contributed by atoms with Crippen molar-refractivity contribution in [1.82, 2.24) is 5.32 Å². The van der Waals surface area contributed by atoms with E-state index in [4.69, 9.17) is 9.47 Å². The third kappa shape index (κ3) is 5.71. The number of hydrogen-bond donors (Lipinski definition) is 1. The molecule has 0 saturated heterocycles. The zero-order chi connectivity index (χ0) is 24.2. The lowest BCUT2D eigenvalue weighted by atomic mass is 9.85. The van der Waals surface area contributed by atoms with E-state index < -0.39 is 47.0 Å². The number of alkyl halides is 3. The molecule has 0 unspecified atom stereocenters. The van der Waals surface area contributed by atoms with Gasteiger partial charge in [0.15, 0.2) is 0 Å². The Balaban J connectivity index is 1.77. The molecule has 5 nitrogen and oxygen atoms in total. The largest absolute Gasteiger partial charge is 0.497 e. The van der Waals surface area contributed by atoms with Crippen LogP contribution in [0.4, 0.5) is 17.6 Å². The van der Waals surface area contributed by atoms with Crippen LogP contribution in [0.15, 0.2) is 54.6 Å². The molecule has 1 aliphatic rings. The van der Waals surface area contributed by atoms with E-state index in [0.717, 1.165) is 0 Å². The summed E-state index contributed by atoms with van der Waals surface area (Å²) >= 11 is 0. The fraction of sp³-hybridized carbons (Fsp3) is 0.333. The molecule has 1 amide bonds. The first-order valence-corrected chi connectivity index (χ1v) is 10.3. The van der Waals surface area contributed by atoms with Crippen LogP contribution in [0.1, 0.15) is 40.7 Å². The van der Waals surface area contributed by atoms with Gasteiger partial charge in [0.2, 0.25) is 0 Å². The van der Waals surface area contributed by atoms with E-state index in [0.29, 0.717) is 29.5 Å². The predicted molar refractivity (Wildman–Crippen MR) is 112 cm³/mol. The molecule has 0 bridgehead atoms. The minimum atomic E-state index is -4.70. The van der Waals surface area contributed by atoms with Gasteiger partial charge in [0, 0.05) is 6.04 Å². The highest BCUT2D eigenvalue weighted by Crippen LogP contribution is 2.36. The summed E-state index contributed by atoms with van der Waals surface area (Å²) in [7, 11) is 1.51. The van der Waals surface area contributed by atoms with Crippen molar-refractivity contribution < 1.29 is 36.6 Å². The fourth-order valence-corrected chi connectivity index (χ4v) is 3.83. The lowest BCUT2D eigenvalue weighted by molar-refractivity contribution is -0.146. The molecule has 0 heterocycles. The van der Waals surface area contributed by atoms with E-state index in [2.05, 4.69) is 5.32 Å². The second-order valence-corrected chi connectivity index (χ2v) is 7.56. The van der Waals surface area contributed by atoms with Gasteiger partial charge in [-0.25, -0.2) is 4.39 Å². The van der Waals surface area contributed by atoms with E-state index in [-0.39, 0.29) is 18.9 Å². The number of benzene rings is 2. The SMILES string of the molecule is CCOC(=O)[C@H](c1cccc(OC)c1)[C@@H]1C=C[C@@H](NC(=O)c2cc(C(F)(F)F)ccc2F)C1. The smallest absolute Gasteiger partial charge is 0.416 e. The van der Waals surface area contributed by atoms with Gasteiger partial charge in [-0.3, -0.25) is 9.59 Å². The minimum Gasteiger partial charge on any atom is -0.497 e. The van der Waals surface area contributed by atoms with E-state index in [1.54, 1.807) is 43.3 Å². The maximum atomic E-state index is 14.1. The Morgan fingerprint density at radius 1 is 1.15 bits per heavy atom. The Bertz CT molecular complexity index is 1050.